The molecule has 1 fully saturated rings. The van der Waals surface area contributed by atoms with Gasteiger partial charge in [-0.25, -0.2) is 14.2 Å². The molecule has 0 aliphatic heterocycles. The Morgan fingerprint density at radius 3 is 2.78 bits per heavy atom. The highest BCUT2D eigenvalue weighted by Gasteiger charge is 2.27. The molecular formula is C19H28ClFN4O2. The number of carbonyl (C=O) groups excluding carboxylic acids is 1. The lowest BCUT2D eigenvalue weighted by Gasteiger charge is -2.21. The zero-order valence-electron chi connectivity index (χ0n) is 16.0. The SMILES string of the molecule is CC(C)(C)OC(=O)N[C@H]1CC[C@@H](NCC/C(N)=N/c2cc(F)ccc2Cl)C1. The fraction of sp³-hybridized carbons (Fsp3) is 0.579. The van der Waals surface area contributed by atoms with Gasteiger partial charge in [0.15, 0.2) is 0 Å². The topological polar surface area (TPSA) is 88.7 Å². The molecule has 6 nitrogen and oxygen atoms in total. The van der Waals surface area contributed by atoms with Gasteiger partial charge in [-0.15, -0.1) is 0 Å². The number of amidine groups is 1. The average molecular weight is 399 g/mol. The number of nitrogens with two attached hydrogens (primary N) is 1. The second-order valence-electron chi connectivity index (χ2n) is 7.76. The second-order valence-corrected chi connectivity index (χ2v) is 8.16. The average Bonchev–Trinajstić information content (AvgIpc) is 2.96. The molecule has 2 rings (SSSR count). The molecule has 1 saturated carbocycles. The molecule has 1 aromatic carbocycles. The first-order valence-electron chi connectivity index (χ1n) is 9.13. The van der Waals surface area contributed by atoms with Crippen LogP contribution in [-0.2, 0) is 4.74 Å². The minimum atomic E-state index is -0.498. The van der Waals surface area contributed by atoms with E-state index in [1.807, 2.05) is 20.8 Å². The molecule has 0 heterocycles. The summed E-state index contributed by atoms with van der Waals surface area (Å²) < 4.78 is 18.5. The van der Waals surface area contributed by atoms with Crippen molar-refractivity contribution in [2.45, 2.75) is 64.1 Å². The third kappa shape index (κ3) is 7.72. The van der Waals surface area contributed by atoms with E-state index in [-0.39, 0.29) is 12.1 Å². The molecule has 1 aliphatic carbocycles. The van der Waals surface area contributed by atoms with Crippen molar-refractivity contribution < 1.29 is 13.9 Å². The number of benzene rings is 1. The summed E-state index contributed by atoms with van der Waals surface area (Å²) in [7, 11) is 0. The van der Waals surface area contributed by atoms with Crippen LogP contribution in [-0.4, -0.2) is 36.2 Å². The monoisotopic (exact) mass is 398 g/mol. The van der Waals surface area contributed by atoms with Gasteiger partial charge >= 0.3 is 6.09 Å². The van der Waals surface area contributed by atoms with E-state index in [9.17, 15) is 9.18 Å². The molecule has 0 bridgehead atoms. The minimum absolute atomic E-state index is 0.106. The van der Waals surface area contributed by atoms with Crippen LogP contribution in [0.3, 0.4) is 0 Å². The lowest BCUT2D eigenvalue weighted by atomic mass is 10.2. The summed E-state index contributed by atoms with van der Waals surface area (Å²) in [6, 6.07) is 4.40. The minimum Gasteiger partial charge on any atom is -0.444 e. The number of nitrogens with zero attached hydrogens (tertiary/aromatic N) is 1. The third-order valence-corrected chi connectivity index (χ3v) is 4.46. The van der Waals surface area contributed by atoms with Crippen LogP contribution in [0.1, 0.15) is 46.5 Å². The Morgan fingerprint density at radius 2 is 2.07 bits per heavy atom. The summed E-state index contributed by atoms with van der Waals surface area (Å²) >= 11 is 5.99. The quantitative estimate of drug-likeness (QED) is 0.501. The lowest BCUT2D eigenvalue weighted by molar-refractivity contribution is 0.0505. The van der Waals surface area contributed by atoms with Gasteiger partial charge in [0.05, 0.1) is 10.7 Å². The number of ether oxygens (including phenoxy) is 1. The van der Waals surface area contributed by atoms with Crippen molar-refractivity contribution >= 4 is 29.2 Å². The van der Waals surface area contributed by atoms with Gasteiger partial charge in [-0.2, -0.15) is 0 Å². The third-order valence-electron chi connectivity index (χ3n) is 4.14. The maximum Gasteiger partial charge on any atom is 0.407 e. The van der Waals surface area contributed by atoms with E-state index in [2.05, 4.69) is 15.6 Å². The molecule has 0 radical (unpaired) electrons. The molecule has 2 atom stereocenters. The van der Waals surface area contributed by atoms with Gasteiger partial charge in [0.25, 0.3) is 0 Å². The number of hydrogen-bond acceptors (Lipinski definition) is 4. The molecule has 1 amide bonds. The standard InChI is InChI=1S/C19H28ClFN4O2/c1-19(2,3)27-18(26)24-14-6-5-13(11-14)23-9-8-17(22)25-16-10-12(21)4-7-15(16)20/h4,7,10,13-14,23H,5-6,8-9,11H2,1-3H3,(H2,22,25)(H,24,26)/t13-,14+/m1/s1. The fourth-order valence-electron chi connectivity index (χ4n) is 2.96. The smallest absolute Gasteiger partial charge is 0.407 e. The normalized spacial score (nSPS) is 20.6. The molecule has 0 spiro atoms. The lowest BCUT2D eigenvalue weighted by Crippen LogP contribution is -2.39. The fourth-order valence-corrected chi connectivity index (χ4v) is 3.12. The summed E-state index contributed by atoms with van der Waals surface area (Å²) in [5, 5.41) is 6.69. The first kappa shape index (κ1) is 21.4. The molecule has 4 N–H and O–H groups in total. The van der Waals surface area contributed by atoms with Crippen molar-refractivity contribution in [3.8, 4) is 0 Å². The van der Waals surface area contributed by atoms with Crippen molar-refractivity contribution in [1.29, 1.82) is 0 Å². The van der Waals surface area contributed by atoms with Crippen LogP contribution in [0, 0.1) is 5.82 Å². The Hall–Kier alpha value is -1.86. The van der Waals surface area contributed by atoms with Crippen LogP contribution in [0.2, 0.25) is 5.02 Å². The van der Waals surface area contributed by atoms with Crippen LogP contribution in [0.4, 0.5) is 14.9 Å². The van der Waals surface area contributed by atoms with E-state index in [1.54, 1.807) is 0 Å². The molecule has 1 aromatic rings. The Bertz CT molecular complexity index is 691. The molecule has 1 aliphatic rings. The molecule has 150 valence electrons. The predicted molar refractivity (Wildman–Crippen MR) is 106 cm³/mol. The Labute approximate surface area is 164 Å². The maximum absolute atomic E-state index is 13.3. The predicted octanol–water partition coefficient (Wildman–Crippen LogP) is 3.89. The van der Waals surface area contributed by atoms with E-state index >= 15 is 0 Å². The van der Waals surface area contributed by atoms with Gasteiger partial charge in [0.1, 0.15) is 17.3 Å². The van der Waals surface area contributed by atoms with Crippen molar-refractivity contribution in [3.63, 3.8) is 0 Å². The summed E-state index contributed by atoms with van der Waals surface area (Å²) in [4.78, 5) is 16.0. The number of hydrogen-bond donors (Lipinski definition) is 3. The molecule has 0 saturated heterocycles. The van der Waals surface area contributed by atoms with Gasteiger partial charge in [-0.1, -0.05) is 11.6 Å². The molecular weight excluding hydrogens is 371 g/mol. The molecule has 0 unspecified atom stereocenters. The largest absolute Gasteiger partial charge is 0.444 e. The highest BCUT2D eigenvalue weighted by molar-refractivity contribution is 6.33. The first-order chi connectivity index (χ1) is 12.6. The summed E-state index contributed by atoms with van der Waals surface area (Å²) in [6.07, 6.45) is 2.85. The van der Waals surface area contributed by atoms with Gasteiger partial charge in [-0.05, 0) is 52.2 Å². The zero-order valence-corrected chi connectivity index (χ0v) is 16.8. The second kappa shape index (κ2) is 9.37. The first-order valence-corrected chi connectivity index (χ1v) is 9.51. The van der Waals surface area contributed by atoms with Crippen LogP contribution in [0.15, 0.2) is 23.2 Å². The number of amides is 1. The van der Waals surface area contributed by atoms with E-state index in [0.29, 0.717) is 35.6 Å². The number of halogens is 2. The van der Waals surface area contributed by atoms with E-state index in [0.717, 1.165) is 19.3 Å². The van der Waals surface area contributed by atoms with Crippen LogP contribution >= 0.6 is 11.6 Å². The summed E-state index contributed by atoms with van der Waals surface area (Å²) in [6.45, 7) is 6.17. The Balaban J connectivity index is 1.72. The number of alkyl carbamates (subject to hydrolysis) is 1. The molecule has 8 heteroatoms. The van der Waals surface area contributed by atoms with Gasteiger partial charge < -0.3 is 21.1 Å². The van der Waals surface area contributed by atoms with E-state index < -0.39 is 11.4 Å². The van der Waals surface area contributed by atoms with Gasteiger partial charge in [0.2, 0.25) is 0 Å². The van der Waals surface area contributed by atoms with E-state index in [4.69, 9.17) is 22.1 Å². The number of aliphatic imine (C=N–C) groups is 1. The zero-order chi connectivity index (χ0) is 20.0. The van der Waals surface area contributed by atoms with E-state index in [1.165, 1.54) is 18.2 Å². The van der Waals surface area contributed by atoms with Gasteiger partial charge in [0, 0.05) is 31.1 Å². The Morgan fingerprint density at radius 1 is 1.37 bits per heavy atom. The highest BCUT2D eigenvalue weighted by atomic mass is 35.5. The van der Waals surface area contributed by atoms with Crippen LogP contribution in [0.25, 0.3) is 0 Å². The Kier molecular flexibility index (Phi) is 7.44. The van der Waals surface area contributed by atoms with Crippen LogP contribution < -0.4 is 16.4 Å². The van der Waals surface area contributed by atoms with Crippen LogP contribution in [0.5, 0.6) is 0 Å². The summed E-state index contributed by atoms with van der Waals surface area (Å²) in [5.74, 6) is -0.0185. The van der Waals surface area contributed by atoms with Gasteiger partial charge in [-0.3, -0.25) is 0 Å². The highest BCUT2D eigenvalue weighted by Crippen LogP contribution is 2.25. The summed E-state index contributed by atoms with van der Waals surface area (Å²) in [5.41, 5.74) is 5.75. The molecule has 27 heavy (non-hydrogen) atoms. The van der Waals surface area contributed by atoms with Crippen molar-refractivity contribution in [2.75, 3.05) is 6.54 Å². The van der Waals surface area contributed by atoms with Crippen molar-refractivity contribution in [2.24, 2.45) is 10.7 Å². The number of nitrogens with one attached hydrogen (secondary N) is 2. The van der Waals surface area contributed by atoms with Crippen molar-refractivity contribution in [1.82, 2.24) is 10.6 Å². The number of carbonyl (C=O) groups is 1. The maximum atomic E-state index is 13.3. The molecule has 0 aromatic heterocycles. The number of rotatable bonds is 6. The van der Waals surface area contributed by atoms with Crippen molar-refractivity contribution in [3.05, 3.63) is 29.0 Å².